The second-order valence-electron chi connectivity index (χ2n) is 7.70. The molecule has 0 aromatic rings. The van der Waals surface area contributed by atoms with Crippen molar-refractivity contribution in [2.24, 2.45) is 4.99 Å². The third-order valence-electron chi connectivity index (χ3n) is 6.01. The minimum Gasteiger partial charge on any atom is -0.355 e. The molecule has 0 spiro atoms. The van der Waals surface area contributed by atoms with Gasteiger partial charge < -0.3 is 15.5 Å². The molecule has 3 rings (SSSR count). The molecule has 1 aliphatic carbocycles. The quantitative estimate of drug-likeness (QED) is 0.575. The lowest BCUT2D eigenvalue weighted by Crippen LogP contribution is -2.51. The first-order valence-electron chi connectivity index (χ1n) is 10.4. The molecule has 6 heteroatoms. The molecule has 0 atom stereocenters. The fourth-order valence-electron chi connectivity index (χ4n) is 4.40. The van der Waals surface area contributed by atoms with Gasteiger partial charge in [-0.25, -0.2) is 0 Å². The minimum absolute atomic E-state index is 0.581. The summed E-state index contributed by atoms with van der Waals surface area (Å²) in [5, 5.41) is 7.17. The molecule has 0 unspecified atom stereocenters. The van der Waals surface area contributed by atoms with Gasteiger partial charge in [-0.3, -0.25) is 9.89 Å². The number of aliphatic imine (C=N–C) groups is 1. The Kier molecular flexibility index (Phi) is 8.21. The van der Waals surface area contributed by atoms with Crippen molar-refractivity contribution >= 4 is 17.7 Å². The van der Waals surface area contributed by atoms with Crippen molar-refractivity contribution in [2.75, 3.05) is 57.8 Å². The molecule has 5 nitrogen and oxygen atoms in total. The van der Waals surface area contributed by atoms with Crippen LogP contribution in [0.1, 0.15) is 44.9 Å². The highest BCUT2D eigenvalue weighted by molar-refractivity contribution is 7.99. The smallest absolute Gasteiger partial charge is 0.191 e. The van der Waals surface area contributed by atoms with E-state index in [-0.39, 0.29) is 0 Å². The van der Waals surface area contributed by atoms with Crippen molar-refractivity contribution in [3.05, 3.63) is 0 Å². The van der Waals surface area contributed by atoms with Gasteiger partial charge in [0.05, 0.1) is 0 Å². The zero-order valence-corrected chi connectivity index (χ0v) is 16.8. The van der Waals surface area contributed by atoms with Crippen molar-refractivity contribution in [3.8, 4) is 0 Å². The van der Waals surface area contributed by atoms with Crippen molar-refractivity contribution in [1.29, 1.82) is 0 Å². The van der Waals surface area contributed by atoms with Crippen LogP contribution in [0.3, 0.4) is 0 Å². The van der Waals surface area contributed by atoms with Gasteiger partial charge in [-0.05, 0) is 25.7 Å². The largest absolute Gasteiger partial charge is 0.355 e. The number of nitrogens with one attached hydrogen (secondary N) is 2. The molecule has 0 radical (unpaired) electrons. The second-order valence-corrected chi connectivity index (χ2v) is 8.92. The molecule has 2 aliphatic heterocycles. The first-order valence-corrected chi connectivity index (χ1v) is 11.5. The molecular weight excluding hydrogens is 330 g/mol. The van der Waals surface area contributed by atoms with Crippen LogP contribution in [-0.2, 0) is 0 Å². The van der Waals surface area contributed by atoms with Gasteiger partial charge in [0.15, 0.2) is 5.96 Å². The van der Waals surface area contributed by atoms with E-state index in [1.807, 2.05) is 7.05 Å². The van der Waals surface area contributed by atoms with Gasteiger partial charge in [-0.2, -0.15) is 11.8 Å². The minimum atomic E-state index is 0.581. The van der Waals surface area contributed by atoms with Crippen molar-refractivity contribution in [3.63, 3.8) is 0 Å². The predicted octanol–water partition coefficient (Wildman–Crippen LogP) is 2.00. The second kappa shape index (κ2) is 10.6. The highest BCUT2D eigenvalue weighted by Gasteiger charge is 2.26. The van der Waals surface area contributed by atoms with E-state index < -0.39 is 0 Å². The Balaban J connectivity index is 1.32. The fourth-order valence-corrected chi connectivity index (χ4v) is 5.38. The summed E-state index contributed by atoms with van der Waals surface area (Å²) in [6.45, 7) is 7.10. The Bertz CT molecular complexity index is 397. The van der Waals surface area contributed by atoms with E-state index in [0.29, 0.717) is 6.04 Å². The Labute approximate surface area is 158 Å². The summed E-state index contributed by atoms with van der Waals surface area (Å²) in [5.74, 6) is 3.56. The predicted molar refractivity (Wildman–Crippen MR) is 110 cm³/mol. The van der Waals surface area contributed by atoms with Crippen LogP contribution in [0, 0.1) is 0 Å². The van der Waals surface area contributed by atoms with E-state index in [9.17, 15) is 0 Å². The van der Waals surface area contributed by atoms with E-state index >= 15 is 0 Å². The molecule has 2 N–H and O–H groups in total. The average Bonchev–Trinajstić information content (AvgIpc) is 2.69. The number of rotatable bonds is 5. The molecule has 2 saturated heterocycles. The number of guanidine groups is 1. The van der Waals surface area contributed by atoms with E-state index in [1.165, 1.54) is 82.6 Å². The maximum absolute atomic E-state index is 4.43. The standard InChI is InChI=1S/C19H37N5S/c1-20-19(21-9-12-23-13-15-25-16-14-23)22-17-7-10-24(11-8-17)18-5-3-2-4-6-18/h17-18H,2-16H2,1H3,(H2,20,21,22). The Hall–Kier alpha value is -0.460. The summed E-state index contributed by atoms with van der Waals surface area (Å²) in [7, 11) is 1.89. The summed E-state index contributed by atoms with van der Waals surface area (Å²) in [5.41, 5.74) is 0. The molecule has 3 fully saturated rings. The molecule has 1 saturated carbocycles. The van der Waals surface area contributed by atoms with Crippen molar-refractivity contribution in [2.45, 2.75) is 57.0 Å². The summed E-state index contributed by atoms with van der Waals surface area (Å²) >= 11 is 2.07. The van der Waals surface area contributed by atoms with Crippen LogP contribution >= 0.6 is 11.8 Å². The molecule has 0 aromatic heterocycles. The normalized spacial score (nSPS) is 25.9. The van der Waals surface area contributed by atoms with Gasteiger partial charge >= 0.3 is 0 Å². The van der Waals surface area contributed by atoms with E-state index in [4.69, 9.17) is 0 Å². The highest BCUT2D eigenvalue weighted by atomic mass is 32.2. The first kappa shape index (κ1) is 19.3. The molecule has 2 heterocycles. The van der Waals surface area contributed by atoms with E-state index in [0.717, 1.165) is 25.1 Å². The first-order chi connectivity index (χ1) is 12.3. The van der Waals surface area contributed by atoms with E-state index in [2.05, 4.69) is 37.2 Å². The number of hydrogen-bond donors (Lipinski definition) is 2. The third kappa shape index (κ3) is 6.33. The Morgan fingerprint density at radius 2 is 1.72 bits per heavy atom. The number of likely N-dealkylation sites (tertiary alicyclic amines) is 1. The van der Waals surface area contributed by atoms with Crippen LogP contribution in [0.5, 0.6) is 0 Å². The average molecular weight is 368 g/mol. The van der Waals surface area contributed by atoms with Gasteiger partial charge in [-0.15, -0.1) is 0 Å². The lowest BCUT2D eigenvalue weighted by atomic mass is 9.92. The van der Waals surface area contributed by atoms with Crippen LogP contribution in [0.25, 0.3) is 0 Å². The topological polar surface area (TPSA) is 42.9 Å². The maximum atomic E-state index is 4.43. The van der Waals surface area contributed by atoms with Crippen LogP contribution in [0.2, 0.25) is 0 Å². The molecule has 0 bridgehead atoms. The summed E-state index contributed by atoms with van der Waals surface area (Å²) < 4.78 is 0. The molecule has 3 aliphatic rings. The lowest BCUT2D eigenvalue weighted by Gasteiger charge is -2.39. The zero-order chi connectivity index (χ0) is 17.3. The van der Waals surface area contributed by atoms with Gasteiger partial charge in [0.25, 0.3) is 0 Å². The molecule has 25 heavy (non-hydrogen) atoms. The van der Waals surface area contributed by atoms with E-state index in [1.54, 1.807) is 0 Å². The summed E-state index contributed by atoms with van der Waals surface area (Å²) in [6.07, 6.45) is 9.69. The van der Waals surface area contributed by atoms with Crippen LogP contribution < -0.4 is 10.6 Å². The number of hydrogen-bond acceptors (Lipinski definition) is 4. The van der Waals surface area contributed by atoms with Crippen LogP contribution in [0.4, 0.5) is 0 Å². The zero-order valence-electron chi connectivity index (χ0n) is 16.0. The number of nitrogens with zero attached hydrogens (tertiary/aromatic N) is 3. The van der Waals surface area contributed by atoms with Crippen molar-refractivity contribution in [1.82, 2.24) is 20.4 Å². The highest BCUT2D eigenvalue weighted by Crippen LogP contribution is 2.25. The Morgan fingerprint density at radius 1 is 1.00 bits per heavy atom. The molecule has 0 amide bonds. The fraction of sp³-hybridized carbons (Fsp3) is 0.947. The van der Waals surface area contributed by atoms with Crippen molar-refractivity contribution < 1.29 is 0 Å². The third-order valence-corrected chi connectivity index (χ3v) is 6.95. The summed E-state index contributed by atoms with van der Waals surface area (Å²) in [6, 6.07) is 1.45. The molecule has 144 valence electrons. The van der Waals surface area contributed by atoms with Gasteiger partial charge in [0.1, 0.15) is 0 Å². The van der Waals surface area contributed by atoms with Crippen LogP contribution in [-0.4, -0.2) is 85.7 Å². The van der Waals surface area contributed by atoms with Gasteiger partial charge in [-0.1, -0.05) is 19.3 Å². The molecular formula is C19H37N5S. The lowest BCUT2D eigenvalue weighted by molar-refractivity contribution is 0.119. The van der Waals surface area contributed by atoms with Crippen LogP contribution in [0.15, 0.2) is 4.99 Å². The number of piperidine rings is 1. The van der Waals surface area contributed by atoms with Gasteiger partial charge in [0.2, 0.25) is 0 Å². The maximum Gasteiger partial charge on any atom is 0.191 e. The number of thioether (sulfide) groups is 1. The van der Waals surface area contributed by atoms with Gasteiger partial charge in [0, 0.05) is 69.9 Å². The monoisotopic (exact) mass is 367 g/mol. The Morgan fingerprint density at radius 3 is 2.40 bits per heavy atom. The SMILES string of the molecule is CN=C(NCCN1CCSCC1)NC1CCN(C2CCCCC2)CC1. The summed E-state index contributed by atoms with van der Waals surface area (Å²) in [4.78, 5) is 9.74. The molecule has 0 aromatic carbocycles.